The lowest BCUT2D eigenvalue weighted by molar-refractivity contribution is -0.138. The molecule has 25 heavy (non-hydrogen) atoms. The molecular weight excluding hydrogens is 329 g/mol. The molecule has 0 aromatic heterocycles. The predicted molar refractivity (Wildman–Crippen MR) is 93.0 cm³/mol. The van der Waals surface area contributed by atoms with Crippen LogP contribution < -0.4 is 10.1 Å². The summed E-state index contributed by atoms with van der Waals surface area (Å²) in [5.74, 6) is 0.657. The van der Waals surface area contributed by atoms with Crippen LogP contribution in [0.3, 0.4) is 0 Å². The van der Waals surface area contributed by atoms with Gasteiger partial charge in [0.2, 0.25) is 0 Å². The summed E-state index contributed by atoms with van der Waals surface area (Å²) < 4.78 is 44.3. The molecule has 136 valence electrons. The second-order valence-corrected chi connectivity index (χ2v) is 6.36. The number of nitrogens with one attached hydrogen (secondary N) is 1. The van der Waals surface area contributed by atoms with Crippen LogP contribution in [-0.2, 0) is 0 Å². The van der Waals surface area contributed by atoms with Gasteiger partial charge in [-0.25, -0.2) is 0 Å². The largest absolute Gasteiger partial charge is 0.496 e. The molecule has 2 aromatic carbocycles. The van der Waals surface area contributed by atoms with Gasteiger partial charge in [-0.05, 0) is 23.3 Å². The van der Waals surface area contributed by atoms with Crippen molar-refractivity contribution in [2.24, 2.45) is 0 Å². The standard InChI is InChI=1S/C19H23F3N2O/c1-25-17-7-6-14-4-2-3-5-15(14)18(17)16(8-9-19(20,21)22)24-12-10-23-11-13-24/h2-7,16,23H,8-13H2,1H3/t16-/m0/s1. The van der Waals surface area contributed by atoms with Crippen LogP contribution in [0.15, 0.2) is 36.4 Å². The van der Waals surface area contributed by atoms with Gasteiger partial charge in [-0.1, -0.05) is 30.3 Å². The molecule has 1 aliphatic heterocycles. The zero-order chi connectivity index (χ0) is 17.9. The van der Waals surface area contributed by atoms with Crippen molar-refractivity contribution in [2.45, 2.75) is 25.1 Å². The van der Waals surface area contributed by atoms with Crippen LogP contribution in [0.1, 0.15) is 24.4 Å². The van der Waals surface area contributed by atoms with Crippen LogP contribution in [0.2, 0.25) is 0 Å². The summed E-state index contributed by atoms with van der Waals surface area (Å²) in [4.78, 5) is 2.15. The predicted octanol–water partition coefficient (Wildman–Crippen LogP) is 4.14. The number of nitrogens with zero attached hydrogens (tertiary/aromatic N) is 1. The molecule has 1 aliphatic rings. The van der Waals surface area contributed by atoms with E-state index in [-0.39, 0.29) is 12.5 Å². The highest BCUT2D eigenvalue weighted by atomic mass is 19.4. The van der Waals surface area contributed by atoms with Gasteiger partial charge in [0.1, 0.15) is 5.75 Å². The molecule has 6 heteroatoms. The molecule has 3 nitrogen and oxygen atoms in total. The number of hydrogen-bond donors (Lipinski definition) is 1. The van der Waals surface area contributed by atoms with Crippen molar-refractivity contribution in [1.82, 2.24) is 10.2 Å². The number of halogens is 3. The molecule has 0 spiro atoms. The Labute approximate surface area is 145 Å². The maximum atomic E-state index is 12.9. The van der Waals surface area contributed by atoms with E-state index in [2.05, 4.69) is 10.2 Å². The normalized spacial score (nSPS) is 17.6. The Kier molecular flexibility index (Phi) is 5.49. The van der Waals surface area contributed by atoms with E-state index in [4.69, 9.17) is 4.74 Å². The Balaban J connectivity index is 2.06. The second kappa shape index (κ2) is 7.62. The van der Waals surface area contributed by atoms with E-state index in [1.807, 2.05) is 36.4 Å². The highest BCUT2D eigenvalue weighted by Crippen LogP contribution is 2.40. The molecule has 1 N–H and O–H groups in total. The lowest BCUT2D eigenvalue weighted by Gasteiger charge is -2.36. The van der Waals surface area contributed by atoms with Crippen molar-refractivity contribution in [3.05, 3.63) is 42.0 Å². The van der Waals surface area contributed by atoms with E-state index < -0.39 is 12.6 Å². The van der Waals surface area contributed by atoms with E-state index in [0.717, 1.165) is 42.5 Å². The van der Waals surface area contributed by atoms with Crippen LogP contribution in [-0.4, -0.2) is 44.4 Å². The van der Waals surface area contributed by atoms with Gasteiger partial charge in [0.15, 0.2) is 0 Å². The molecule has 0 bridgehead atoms. The van der Waals surface area contributed by atoms with Crippen LogP contribution >= 0.6 is 0 Å². The summed E-state index contributed by atoms with van der Waals surface area (Å²) in [5.41, 5.74) is 0.867. The maximum Gasteiger partial charge on any atom is 0.389 e. The molecule has 1 fully saturated rings. The summed E-state index contributed by atoms with van der Waals surface area (Å²) in [6.45, 7) is 3.04. The lowest BCUT2D eigenvalue weighted by Crippen LogP contribution is -2.45. The van der Waals surface area contributed by atoms with Crippen LogP contribution in [0.5, 0.6) is 5.75 Å². The molecule has 0 saturated carbocycles. The van der Waals surface area contributed by atoms with E-state index in [0.29, 0.717) is 5.75 Å². The maximum absolute atomic E-state index is 12.9. The third kappa shape index (κ3) is 4.25. The first-order chi connectivity index (χ1) is 12.0. The highest BCUT2D eigenvalue weighted by molar-refractivity contribution is 5.88. The number of fused-ring (bicyclic) bond motifs is 1. The van der Waals surface area contributed by atoms with Crippen molar-refractivity contribution < 1.29 is 17.9 Å². The SMILES string of the molecule is COc1ccc2ccccc2c1[C@H](CCC(F)(F)F)N1CCNCC1. The minimum atomic E-state index is -4.16. The molecule has 0 unspecified atom stereocenters. The number of piperazine rings is 1. The fraction of sp³-hybridized carbons (Fsp3) is 0.474. The topological polar surface area (TPSA) is 24.5 Å². The molecule has 0 radical (unpaired) electrons. The van der Waals surface area contributed by atoms with Gasteiger partial charge in [0.05, 0.1) is 7.11 Å². The van der Waals surface area contributed by atoms with E-state index in [1.54, 1.807) is 7.11 Å². The van der Waals surface area contributed by atoms with Gasteiger partial charge in [-0.3, -0.25) is 4.90 Å². The van der Waals surface area contributed by atoms with Gasteiger partial charge < -0.3 is 10.1 Å². The summed E-state index contributed by atoms with van der Waals surface area (Å²) in [5, 5.41) is 5.25. The first-order valence-corrected chi connectivity index (χ1v) is 8.57. The first kappa shape index (κ1) is 18.0. The van der Waals surface area contributed by atoms with Crippen molar-refractivity contribution in [2.75, 3.05) is 33.3 Å². The molecule has 0 aliphatic carbocycles. The number of ether oxygens (including phenoxy) is 1. The molecule has 1 heterocycles. The third-order valence-electron chi connectivity index (χ3n) is 4.78. The van der Waals surface area contributed by atoms with E-state index in [9.17, 15) is 13.2 Å². The van der Waals surface area contributed by atoms with Crippen molar-refractivity contribution in [3.8, 4) is 5.75 Å². The molecule has 3 rings (SSSR count). The Hall–Kier alpha value is -1.79. The minimum absolute atomic E-state index is 0.0356. The zero-order valence-electron chi connectivity index (χ0n) is 14.3. The third-order valence-corrected chi connectivity index (χ3v) is 4.78. The molecule has 1 saturated heterocycles. The molecule has 0 amide bonds. The lowest BCUT2D eigenvalue weighted by atomic mass is 9.93. The fourth-order valence-electron chi connectivity index (χ4n) is 3.60. The van der Waals surface area contributed by atoms with Crippen molar-refractivity contribution in [3.63, 3.8) is 0 Å². The average Bonchev–Trinajstić information content (AvgIpc) is 2.62. The van der Waals surface area contributed by atoms with Crippen LogP contribution in [0.4, 0.5) is 13.2 Å². The Morgan fingerprint density at radius 3 is 2.52 bits per heavy atom. The van der Waals surface area contributed by atoms with Gasteiger partial charge in [-0.15, -0.1) is 0 Å². The fourth-order valence-corrected chi connectivity index (χ4v) is 3.60. The monoisotopic (exact) mass is 352 g/mol. The molecule has 1 atom stereocenters. The summed E-state index contributed by atoms with van der Waals surface area (Å²) >= 11 is 0. The number of hydrogen-bond acceptors (Lipinski definition) is 3. The number of benzene rings is 2. The Morgan fingerprint density at radius 1 is 1.12 bits per heavy atom. The Morgan fingerprint density at radius 2 is 1.84 bits per heavy atom. The van der Waals surface area contributed by atoms with Crippen molar-refractivity contribution in [1.29, 1.82) is 0 Å². The Bertz CT molecular complexity index is 711. The quantitative estimate of drug-likeness (QED) is 0.875. The van der Waals surface area contributed by atoms with E-state index >= 15 is 0 Å². The zero-order valence-corrected chi connectivity index (χ0v) is 14.3. The average molecular weight is 352 g/mol. The first-order valence-electron chi connectivity index (χ1n) is 8.57. The van der Waals surface area contributed by atoms with Crippen LogP contribution in [0, 0.1) is 0 Å². The van der Waals surface area contributed by atoms with Crippen LogP contribution in [0.25, 0.3) is 10.8 Å². The number of methoxy groups -OCH3 is 1. The number of rotatable bonds is 5. The molecular formula is C19H23F3N2O. The van der Waals surface area contributed by atoms with E-state index in [1.165, 1.54) is 0 Å². The summed E-state index contributed by atoms with van der Waals surface area (Å²) in [7, 11) is 1.58. The molecule has 2 aromatic rings. The van der Waals surface area contributed by atoms with Gasteiger partial charge in [0, 0.05) is 44.2 Å². The second-order valence-electron chi connectivity index (χ2n) is 6.36. The van der Waals surface area contributed by atoms with Gasteiger partial charge in [-0.2, -0.15) is 13.2 Å². The van der Waals surface area contributed by atoms with Crippen molar-refractivity contribution >= 4 is 10.8 Å². The minimum Gasteiger partial charge on any atom is -0.496 e. The van der Waals surface area contributed by atoms with Gasteiger partial charge in [0.25, 0.3) is 0 Å². The number of alkyl halides is 3. The smallest absolute Gasteiger partial charge is 0.389 e. The summed E-state index contributed by atoms with van der Waals surface area (Å²) in [6.07, 6.45) is -4.92. The van der Waals surface area contributed by atoms with Gasteiger partial charge >= 0.3 is 6.18 Å². The highest BCUT2D eigenvalue weighted by Gasteiger charge is 2.33. The summed E-state index contributed by atoms with van der Waals surface area (Å²) in [6, 6.07) is 11.3.